The summed E-state index contributed by atoms with van der Waals surface area (Å²) < 4.78 is 10.5. The van der Waals surface area contributed by atoms with Gasteiger partial charge < -0.3 is 14.5 Å². The molecule has 2 aromatic rings. The minimum absolute atomic E-state index is 0.0279. The van der Waals surface area contributed by atoms with Gasteiger partial charge in [-0.05, 0) is 12.5 Å². The first kappa shape index (κ1) is 18.2. The highest BCUT2D eigenvalue weighted by atomic mass is 16.5. The van der Waals surface area contributed by atoms with Crippen LogP contribution in [0.15, 0.2) is 45.8 Å². The SMILES string of the molecule is COc1coc(CN2C[C@@H](NC(C)=O)[C@H](c3ccc(C)cc3)C2)cc1=O. The number of carbonyl (C=O) groups excluding carboxylic acids is 1. The van der Waals surface area contributed by atoms with Gasteiger partial charge in [-0.3, -0.25) is 14.5 Å². The molecule has 0 saturated carbocycles. The van der Waals surface area contributed by atoms with Crippen LogP contribution in [0.3, 0.4) is 0 Å². The van der Waals surface area contributed by atoms with Gasteiger partial charge in [0.1, 0.15) is 12.0 Å². The van der Waals surface area contributed by atoms with E-state index in [0.717, 1.165) is 6.54 Å². The van der Waals surface area contributed by atoms with Crippen LogP contribution in [0.2, 0.25) is 0 Å². The molecule has 1 aromatic carbocycles. The molecule has 2 atom stereocenters. The Balaban J connectivity index is 1.77. The van der Waals surface area contributed by atoms with Gasteiger partial charge in [-0.25, -0.2) is 0 Å². The molecule has 1 saturated heterocycles. The Bertz CT molecular complexity index is 828. The van der Waals surface area contributed by atoms with Crippen molar-refractivity contribution >= 4 is 5.91 Å². The van der Waals surface area contributed by atoms with Crippen LogP contribution >= 0.6 is 0 Å². The normalized spacial score (nSPS) is 20.1. The van der Waals surface area contributed by atoms with E-state index in [9.17, 15) is 9.59 Å². The predicted molar refractivity (Wildman–Crippen MR) is 98.3 cm³/mol. The lowest BCUT2D eigenvalue weighted by Crippen LogP contribution is -2.38. The van der Waals surface area contributed by atoms with E-state index in [-0.39, 0.29) is 29.0 Å². The van der Waals surface area contributed by atoms with Crippen molar-refractivity contribution in [3.05, 3.63) is 63.7 Å². The van der Waals surface area contributed by atoms with Gasteiger partial charge >= 0.3 is 0 Å². The van der Waals surface area contributed by atoms with Crippen molar-refractivity contribution in [2.24, 2.45) is 0 Å². The molecule has 1 amide bonds. The van der Waals surface area contributed by atoms with Crippen LogP contribution in [0.5, 0.6) is 5.75 Å². The average molecular weight is 356 g/mol. The van der Waals surface area contributed by atoms with Crippen LogP contribution in [-0.2, 0) is 11.3 Å². The summed E-state index contributed by atoms with van der Waals surface area (Å²) in [6.45, 7) is 5.59. The quantitative estimate of drug-likeness (QED) is 0.888. The number of methoxy groups -OCH3 is 1. The zero-order valence-electron chi connectivity index (χ0n) is 15.3. The van der Waals surface area contributed by atoms with Gasteiger partial charge in [0.05, 0.1) is 13.7 Å². The number of carbonyl (C=O) groups is 1. The Morgan fingerprint density at radius 1 is 1.31 bits per heavy atom. The van der Waals surface area contributed by atoms with E-state index in [4.69, 9.17) is 9.15 Å². The van der Waals surface area contributed by atoms with Crippen molar-refractivity contribution in [3.63, 3.8) is 0 Å². The molecule has 2 heterocycles. The number of likely N-dealkylation sites (tertiary alicyclic amines) is 1. The number of rotatable bonds is 5. The number of amides is 1. The Labute approximate surface area is 152 Å². The summed E-state index contributed by atoms with van der Waals surface area (Å²) >= 11 is 0. The van der Waals surface area contributed by atoms with Gasteiger partial charge in [-0.2, -0.15) is 0 Å². The van der Waals surface area contributed by atoms with Gasteiger partial charge in [0.15, 0.2) is 0 Å². The predicted octanol–water partition coefficient (Wildman–Crippen LogP) is 2.06. The Morgan fingerprint density at radius 3 is 2.65 bits per heavy atom. The van der Waals surface area contributed by atoms with Crippen molar-refractivity contribution < 1.29 is 13.9 Å². The average Bonchev–Trinajstić information content (AvgIpc) is 2.97. The van der Waals surface area contributed by atoms with Crippen LogP contribution in [0, 0.1) is 6.92 Å². The number of hydrogen-bond acceptors (Lipinski definition) is 5. The monoisotopic (exact) mass is 356 g/mol. The highest BCUT2D eigenvalue weighted by molar-refractivity contribution is 5.73. The van der Waals surface area contributed by atoms with Gasteiger partial charge in [-0.15, -0.1) is 0 Å². The van der Waals surface area contributed by atoms with Gasteiger partial charge in [0.2, 0.25) is 17.1 Å². The van der Waals surface area contributed by atoms with Crippen molar-refractivity contribution in [1.29, 1.82) is 0 Å². The number of aryl methyl sites for hydroxylation is 1. The summed E-state index contributed by atoms with van der Waals surface area (Å²) in [6.07, 6.45) is 1.34. The first-order chi connectivity index (χ1) is 12.5. The van der Waals surface area contributed by atoms with Crippen molar-refractivity contribution in [1.82, 2.24) is 10.2 Å². The zero-order chi connectivity index (χ0) is 18.7. The van der Waals surface area contributed by atoms with Gasteiger partial charge in [-0.1, -0.05) is 29.8 Å². The van der Waals surface area contributed by atoms with Crippen LogP contribution in [0.1, 0.15) is 29.7 Å². The first-order valence-electron chi connectivity index (χ1n) is 8.68. The largest absolute Gasteiger partial charge is 0.490 e. The molecule has 0 aliphatic carbocycles. The summed E-state index contributed by atoms with van der Waals surface area (Å²) in [5.74, 6) is 0.945. The third kappa shape index (κ3) is 4.14. The van der Waals surface area contributed by atoms with E-state index in [1.54, 1.807) is 0 Å². The molecule has 6 nitrogen and oxygen atoms in total. The highest BCUT2D eigenvalue weighted by Crippen LogP contribution is 2.29. The highest BCUT2D eigenvalue weighted by Gasteiger charge is 2.34. The number of ether oxygens (including phenoxy) is 1. The van der Waals surface area contributed by atoms with Crippen LogP contribution in [-0.4, -0.2) is 37.0 Å². The Morgan fingerprint density at radius 2 is 2.04 bits per heavy atom. The molecule has 138 valence electrons. The topological polar surface area (TPSA) is 71.8 Å². The van der Waals surface area contributed by atoms with Crippen LogP contribution in [0.25, 0.3) is 0 Å². The molecule has 6 heteroatoms. The lowest BCUT2D eigenvalue weighted by atomic mass is 9.93. The Kier molecular flexibility index (Phi) is 5.42. The second kappa shape index (κ2) is 7.74. The van der Waals surface area contributed by atoms with E-state index >= 15 is 0 Å². The fourth-order valence-corrected chi connectivity index (χ4v) is 3.46. The van der Waals surface area contributed by atoms with Gasteiger partial charge in [0.25, 0.3) is 0 Å². The molecule has 0 radical (unpaired) electrons. The summed E-state index contributed by atoms with van der Waals surface area (Å²) in [4.78, 5) is 25.7. The molecule has 1 aromatic heterocycles. The summed E-state index contributed by atoms with van der Waals surface area (Å²) in [6, 6.07) is 9.90. The minimum atomic E-state index is -0.193. The van der Waals surface area contributed by atoms with E-state index in [1.807, 2.05) is 0 Å². The zero-order valence-corrected chi connectivity index (χ0v) is 15.3. The maximum Gasteiger partial charge on any atom is 0.227 e. The molecule has 0 spiro atoms. The van der Waals surface area contributed by atoms with Crippen molar-refractivity contribution in [2.75, 3.05) is 20.2 Å². The molecule has 1 N–H and O–H groups in total. The third-order valence-corrected chi connectivity index (χ3v) is 4.74. The first-order valence-corrected chi connectivity index (χ1v) is 8.68. The molecule has 0 bridgehead atoms. The molecule has 3 rings (SSSR count). The number of nitrogens with one attached hydrogen (secondary N) is 1. The molecule has 26 heavy (non-hydrogen) atoms. The van der Waals surface area contributed by atoms with E-state index in [0.29, 0.717) is 18.8 Å². The molecule has 1 aliphatic heterocycles. The molecular weight excluding hydrogens is 332 g/mol. The molecule has 1 aliphatic rings. The lowest BCUT2D eigenvalue weighted by molar-refractivity contribution is -0.119. The molecule has 1 fully saturated rings. The number of benzene rings is 1. The second-order valence-corrected chi connectivity index (χ2v) is 6.80. The summed E-state index contributed by atoms with van der Waals surface area (Å²) in [5.41, 5.74) is 2.22. The smallest absolute Gasteiger partial charge is 0.227 e. The molecular formula is C20H24N2O4. The molecule has 0 unspecified atom stereocenters. The number of nitrogens with zero attached hydrogens (tertiary/aromatic N) is 1. The standard InChI is InChI=1S/C20H24N2O4/c1-13-4-6-15(7-5-13)17-10-22(11-18(17)21-14(2)23)9-16-8-19(24)20(25-3)12-26-16/h4-8,12,17-18H,9-11H2,1-3H3,(H,21,23)/t17-,18+/m0/s1. The Hall–Kier alpha value is -2.60. The van der Waals surface area contributed by atoms with Crippen LogP contribution < -0.4 is 15.5 Å². The lowest BCUT2D eigenvalue weighted by Gasteiger charge is -2.19. The van der Waals surface area contributed by atoms with E-state index in [1.165, 1.54) is 37.5 Å². The summed E-state index contributed by atoms with van der Waals surface area (Å²) in [7, 11) is 1.44. The summed E-state index contributed by atoms with van der Waals surface area (Å²) in [5, 5.41) is 3.06. The van der Waals surface area contributed by atoms with E-state index in [2.05, 4.69) is 41.4 Å². The fraction of sp³-hybridized carbons (Fsp3) is 0.400. The maximum atomic E-state index is 11.9. The minimum Gasteiger partial charge on any atom is -0.490 e. The van der Waals surface area contributed by atoms with Gasteiger partial charge in [0, 0.05) is 38.0 Å². The van der Waals surface area contributed by atoms with Crippen molar-refractivity contribution in [2.45, 2.75) is 32.4 Å². The second-order valence-electron chi connectivity index (χ2n) is 6.80. The van der Waals surface area contributed by atoms with Crippen LogP contribution in [0.4, 0.5) is 0 Å². The maximum absolute atomic E-state index is 11.9. The fourth-order valence-electron chi connectivity index (χ4n) is 3.46. The number of hydrogen-bond donors (Lipinski definition) is 1. The van der Waals surface area contributed by atoms with E-state index < -0.39 is 0 Å². The van der Waals surface area contributed by atoms with Crippen molar-refractivity contribution in [3.8, 4) is 5.75 Å². The third-order valence-electron chi connectivity index (χ3n) is 4.74.